The average Bonchev–Trinajstić information content (AvgIpc) is 2.65. The Morgan fingerprint density at radius 1 is 1.30 bits per heavy atom. The van der Waals surface area contributed by atoms with Crippen LogP contribution in [0.1, 0.15) is 54.9 Å². The van der Waals surface area contributed by atoms with Crippen molar-refractivity contribution in [3.05, 3.63) is 12.7 Å². The van der Waals surface area contributed by atoms with Crippen molar-refractivity contribution in [1.29, 1.82) is 0 Å². The number of hydrogen-bond acceptors (Lipinski definition) is 3. The predicted octanol–water partition coefficient (Wildman–Crippen LogP) is 3.35. The fourth-order valence-electron chi connectivity index (χ4n) is 2.80. The minimum Gasteiger partial charge on any atom is -0.444 e. The highest BCUT2D eigenvalue weighted by atomic mass is 16.6. The Hall–Kier alpha value is -1.52. The van der Waals surface area contributed by atoms with Crippen molar-refractivity contribution in [3.8, 4) is 0 Å². The third-order valence-corrected chi connectivity index (χ3v) is 3.97. The van der Waals surface area contributed by atoms with Crippen LogP contribution in [0.3, 0.4) is 0 Å². The molecule has 0 bridgehead atoms. The SMILES string of the molecule is C=CC[C@H]1CN(C(=O)OC(C)(C)C)C[C@@]1(C)C(=O)NC(C)(C)C. The van der Waals surface area contributed by atoms with Crippen molar-refractivity contribution in [2.24, 2.45) is 11.3 Å². The summed E-state index contributed by atoms with van der Waals surface area (Å²) in [6.45, 7) is 18.0. The van der Waals surface area contributed by atoms with E-state index in [-0.39, 0.29) is 23.5 Å². The molecule has 2 atom stereocenters. The number of allylic oxidation sites excluding steroid dienone is 1. The van der Waals surface area contributed by atoms with Gasteiger partial charge in [-0.3, -0.25) is 4.79 Å². The minimum absolute atomic E-state index is 0.0251. The van der Waals surface area contributed by atoms with Gasteiger partial charge in [0.05, 0.1) is 5.41 Å². The Morgan fingerprint density at radius 3 is 2.30 bits per heavy atom. The molecule has 1 rings (SSSR count). The van der Waals surface area contributed by atoms with E-state index < -0.39 is 11.0 Å². The molecular formula is C18H32N2O3. The lowest BCUT2D eigenvalue weighted by Crippen LogP contribution is -2.51. The van der Waals surface area contributed by atoms with Gasteiger partial charge >= 0.3 is 6.09 Å². The van der Waals surface area contributed by atoms with Crippen LogP contribution in [0.15, 0.2) is 12.7 Å². The molecule has 5 heteroatoms. The molecular weight excluding hydrogens is 292 g/mol. The Balaban J connectivity index is 2.95. The Labute approximate surface area is 140 Å². The monoisotopic (exact) mass is 324 g/mol. The van der Waals surface area contributed by atoms with Gasteiger partial charge in [-0.1, -0.05) is 6.08 Å². The molecule has 0 aromatic rings. The summed E-state index contributed by atoms with van der Waals surface area (Å²) >= 11 is 0. The zero-order chi connectivity index (χ0) is 18.1. The van der Waals surface area contributed by atoms with Crippen LogP contribution in [0, 0.1) is 11.3 Å². The lowest BCUT2D eigenvalue weighted by atomic mass is 9.77. The van der Waals surface area contributed by atoms with Crippen LogP contribution in [0.25, 0.3) is 0 Å². The lowest BCUT2D eigenvalue weighted by molar-refractivity contribution is -0.132. The van der Waals surface area contributed by atoms with E-state index in [1.165, 1.54) is 0 Å². The van der Waals surface area contributed by atoms with E-state index in [1.807, 2.05) is 54.5 Å². The quantitative estimate of drug-likeness (QED) is 0.810. The van der Waals surface area contributed by atoms with Gasteiger partial charge in [0.25, 0.3) is 0 Å². The van der Waals surface area contributed by atoms with Crippen molar-refractivity contribution >= 4 is 12.0 Å². The van der Waals surface area contributed by atoms with Crippen LogP contribution >= 0.6 is 0 Å². The molecule has 1 N–H and O–H groups in total. The van der Waals surface area contributed by atoms with Gasteiger partial charge in [0.15, 0.2) is 0 Å². The largest absolute Gasteiger partial charge is 0.444 e. The Morgan fingerprint density at radius 2 is 1.87 bits per heavy atom. The molecule has 1 aliphatic heterocycles. The summed E-state index contributed by atoms with van der Waals surface area (Å²) in [7, 11) is 0. The second-order valence-corrected chi connectivity index (χ2v) is 8.70. The van der Waals surface area contributed by atoms with Crippen molar-refractivity contribution < 1.29 is 14.3 Å². The zero-order valence-corrected chi connectivity index (χ0v) is 15.7. The number of hydrogen-bond donors (Lipinski definition) is 1. The molecule has 1 fully saturated rings. The summed E-state index contributed by atoms with van der Waals surface area (Å²) in [5, 5.41) is 3.05. The predicted molar refractivity (Wildman–Crippen MR) is 92.1 cm³/mol. The molecule has 5 nitrogen and oxygen atoms in total. The van der Waals surface area contributed by atoms with Gasteiger partial charge < -0.3 is 15.0 Å². The summed E-state index contributed by atoms with van der Waals surface area (Å²) in [6, 6.07) is 0. The van der Waals surface area contributed by atoms with E-state index in [1.54, 1.807) is 4.90 Å². The van der Waals surface area contributed by atoms with Crippen LogP contribution in [-0.4, -0.2) is 41.1 Å². The molecule has 1 aliphatic rings. The van der Waals surface area contributed by atoms with Gasteiger partial charge in [-0.2, -0.15) is 0 Å². The number of amides is 2. The summed E-state index contributed by atoms with van der Waals surface area (Å²) in [4.78, 5) is 26.8. The van der Waals surface area contributed by atoms with E-state index in [2.05, 4.69) is 11.9 Å². The van der Waals surface area contributed by atoms with Crippen LogP contribution in [0.5, 0.6) is 0 Å². The average molecular weight is 324 g/mol. The Bertz CT molecular complexity index is 474. The topological polar surface area (TPSA) is 58.6 Å². The van der Waals surface area contributed by atoms with Crippen molar-refractivity contribution in [2.75, 3.05) is 13.1 Å². The lowest BCUT2D eigenvalue weighted by Gasteiger charge is -2.32. The summed E-state index contributed by atoms with van der Waals surface area (Å²) in [5.41, 5.74) is -1.49. The first-order chi connectivity index (χ1) is 10.3. The van der Waals surface area contributed by atoms with E-state index in [4.69, 9.17) is 4.74 Å². The van der Waals surface area contributed by atoms with Crippen LogP contribution in [-0.2, 0) is 9.53 Å². The molecule has 0 aromatic carbocycles. The third kappa shape index (κ3) is 5.26. The molecule has 1 saturated heterocycles. The van der Waals surface area contributed by atoms with Gasteiger partial charge in [0, 0.05) is 18.6 Å². The fourth-order valence-corrected chi connectivity index (χ4v) is 2.80. The first-order valence-electron chi connectivity index (χ1n) is 8.20. The van der Waals surface area contributed by atoms with E-state index >= 15 is 0 Å². The van der Waals surface area contributed by atoms with Gasteiger partial charge in [0.2, 0.25) is 5.91 Å². The van der Waals surface area contributed by atoms with Crippen molar-refractivity contribution in [3.63, 3.8) is 0 Å². The normalized spacial score (nSPS) is 25.2. The maximum absolute atomic E-state index is 12.8. The third-order valence-electron chi connectivity index (χ3n) is 3.97. The van der Waals surface area contributed by atoms with E-state index in [9.17, 15) is 9.59 Å². The highest BCUT2D eigenvalue weighted by molar-refractivity contribution is 5.85. The summed E-state index contributed by atoms with van der Waals surface area (Å²) in [5.74, 6) is 0.0118. The second kappa shape index (κ2) is 6.54. The molecule has 23 heavy (non-hydrogen) atoms. The van der Waals surface area contributed by atoms with Gasteiger partial charge in [0.1, 0.15) is 5.60 Å². The van der Waals surface area contributed by atoms with Crippen LogP contribution < -0.4 is 5.32 Å². The molecule has 2 amide bonds. The molecule has 132 valence electrons. The highest BCUT2D eigenvalue weighted by Crippen LogP contribution is 2.39. The van der Waals surface area contributed by atoms with Gasteiger partial charge in [-0.25, -0.2) is 4.79 Å². The molecule has 0 spiro atoms. The fraction of sp³-hybridized carbons (Fsp3) is 0.778. The number of carbonyl (C=O) groups is 2. The summed E-state index contributed by atoms with van der Waals surface area (Å²) in [6.07, 6.45) is 2.14. The van der Waals surface area contributed by atoms with Crippen molar-refractivity contribution in [1.82, 2.24) is 10.2 Å². The number of ether oxygens (including phenoxy) is 1. The molecule has 0 radical (unpaired) electrons. The van der Waals surface area contributed by atoms with Crippen LogP contribution in [0.2, 0.25) is 0 Å². The zero-order valence-electron chi connectivity index (χ0n) is 15.7. The van der Waals surface area contributed by atoms with Gasteiger partial charge in [-0.15, -0.1) is 6.58 Å². The molecule has 1 heterocycles. The molecule has 0 aromatic heterocycles. The summed E-state index contributed by atoms with van der Waals surface area (Å²) < 4.78 is 5.45. The Kier molecular flexibility index (Phi) is 5.55. The standard InChI is InChI=1S/C18H32N2O3/c1-9-10-13-11-20(15(22)23-17(5,6)7)12-18(13,8)14(21)19-16(2,3)4/h9,13H,1,10-12H2,2-8H3,(H,19,21)/t13-,18+/m0/s1. The smallest absolute Gasteiger partial charge is 0.410 e. The highest BCUT2D eigenvalue weighted by Gasteiger charge is 2.50. The first-order valence-corrected chi connectivity index (χ1v) is 8.20. The maximum atomic E-state index is 12.8. The first kappa shape index (κ1) is 19.5. The van der Waals surface area contributed by atoms with E-state index in [0.717, 1.165) is 0 Å². The number of carbonyl (C=O) groups excluding carboxylic acids is 2. The minimum atomic E-state index is -0.641. The van der Waals surface area contributed by atoms with Crippen LogP contribution in [0.4, 0.5) is 4.79 Å². The number of nitrogens with one attached hydrogen (secondary N) is 1. The molecule has 0 unspecified atom stereocenters. The van der Waals surface area contributed by atoms with Gasteiger partial charge in [-0.05, 0) is 60.8 Å². The number of nitrogens with zero attached hydrogens (tertiary/aromatic N) is 1. The van der Waals surface area contributed by atoms with E-state index in [0.29, 0.717) is 19.5 Å². The maximum Gasteiger partial charge on any atom is 0.410 e. The molecule has 0 saturated carbocycles. The van der Waals surface area contributed by atoms with Crippen molar-refractivity contribution in [2.45, 2.75) is 66.0 Å². The number of likely N-dealkylation sites (tertiary alicyclic amines) is 1. The second-order valence-electron chi connectivity index (χ2n) is 8.70. The molecule has 0 aliphatic carbocycles. The number of rotatable bonds is 3.